The second-order valence-corrected chi connectivity index (χ2v) is 20.0. The molecule has 0 amide bonds. The van der Waals surface area contributed by atoms with Gasteiger partial charge in [-0.25, -0.2) is 4.79 Å². The molecule has 1 heterocycles. The van der Waals surface area contributed by atoms with E-state index >= 15 is 0 Å². The lowest BCUT2D eigenvalue weighted by atomic mass is 9.44. The first kappa shape index (κ1) is 37.6. The Balaban J connectivity index is 1.88. The Morgan fingerprint density at radius 2 is 1.57 bits per heavy atom. The largest absolute Gasteiger partial charge is 0.455 e. The second-order valence-electron chi connectivity index (χ2n) is 15.3. The van der Waals surface area contributed by atoms with Gasteiger partial charge in [-0.2, -0.15) is 0 Å². The van der Waals surface area contributed by atoms with Crippen LogP contribution in [0.2, 0.25) is 18.1 Å². The number of aliphatic hydroxyl groups is 3. The number of hydrogen-bond donors (Lipinski definition) is 3. The molecule has 5 rings (SSSR count). The number of hydrogen-bond acceptors (Lipinski definition) is 11. The predicted molar refractivity (Wildman–Crippen MR) is 182 cm³/mol. The van der Waals surface area contributed by atoms with Crippen molar-refractivity contribution in [3.8, 4) is 0 Å². The van der Waals surface area contributed by atoms with Crippen LogP contribution in [0, 0.1) is 16.7 Å². The topological polar surface area (TPSA) is 158 Å². The molecule has 3 N–H and O–H groups in total. The van der Waals surface area contributed by atoms with Gasteiger partial charge in [0.25, 0.3) is 0 Å². The van der Waals surface area contributed by atoms with Crippen molar-refractivity contribution in [3.63, 3.8) is 0 Å². The Morgan fingerprint density at radius 1 is 0.959 bits per heavy atom. The smallest absolute Gasteiger partial charge is 0.338 e. The fourth-order valence-electron chi connectivity index (χ4n) is 9.60. The molecule has 1 unspecified atom stereocenters. The van der Waals surface area contributed by atoms with Crippen LogP contribution in [-0.2, 0) is 33.0 Å². The summed E-state index contributed by atoms with van der Waals surface area (Å²) in [4.78, 5) is 40.0. The molecule has 0 radical (unpaired) electrons. The third-order valence-corrected chi connectivity index (χ3v) is 17.4. The highest BCUT2D eigenvalue weighted by molar-refractivity contribution is 6.73. The minimum atomic E-state index is -2.44. The van der Waals surface area contributed by atoms with Gasteiger partial charge >= 0.3 is 17.9 Å². The molecule has 1 aromatic rings. The fraction of sp³-hybridized carbons (Fsp3) is 0.703. The molecular weight excluding hydrogens is 648 g/mol. The molecule has 2 saturated carbocycles. The summed E-state index contributed by atoms with van der Waals surface area (Å²) in [5, 5.41) is 37.9. The van der Waals surface area contributed by atoms with Gasteiger partial charge in [-0.3, -0.25) is 9.59 Å². The lowest BCUT2D eigenvalue weighted by Crippen LogP contribution is -2.83. The first-order valence-electron chi connectivity index (χ1n) is 17.6. The molecule has 4 aliphatic rings. The highest BCUT2D eigenvalue weighted by Gasteiger charge is 2.78. The molecule has 2 bridgehead atoms. The molecule has 12 heteroatoms. The third kappa shape index (κ3) is 5.70. The monoisotopic (exact) mass is 702 g/mol. The summed E-state index contributed by atoms with van der Waals surface area (Å²) in [6.07, 6.45) is -7.03. The fourth-order valence-corrected chi connectivity index (χ4v) is 12.6. The van der Waals surface area contributed by atoms with Crippen LogP contribution >= 0.6 is 0 Å². The van der Waals surface area contributed by atoms with Crippen LogP contribution in [0.15, 0.2) is 41.5 Å². The molecule has 10 atom stereocenters. The van der Waals surface area contributed by atoms with Crippen molar-refractivity contribution < 1.29 is 53.1 Å². The van der Waals surface area contributed by atoms with Gasteiger partial charge in [0.05, 0.1) is 30.3 Å². The Morgan fingerprint density at radius 3 is 2.08 bits per heavy atom. The maximum absolute atomic E-state index is 14.1. The van der Waals surface area contributed by atoms with Crippen molar-refractivity contribution in [2.45, 2.75) is 141 Å². The number of esters is 3. The molecule has 3 aliphatic carbocycles. The van der Waals surface area contributed by atoms with Crippen LogP contribution in [0.5, 0.6) is 0 Å². The van der Waals surface area contributed by atoms with Gasteiger partial charge in [-0.15, -0.1) is 0 Å². The van der Waals surface area contributed by atoms with E-state index < -0.39 is 90.8 Å². The average molecular weight is 703 g/mol. The van der Waals surface area contributed by atoms with E-state index in [1.807, 2.05) is 0 Å². The molecule has 272 valence electrons. The van der Waals surface area contributed by atoms with E-state index in [9.17, 15) is 29.7 Å². The summed E-state index contributed by atoms with van der Waals surface area (Å²) >= 11 is 0. The minimum absolute atomic E-state index is 0.0900. The molecule has 0 aromatic heterocycles. The molecule has 49 heavy (non-hydrogen) atoms. The number of carbonyl (C=O) groups is 3. The van der Waals surface area contributed by atoms with E-state index in [0.717, 1.165) is 18.1 Å². The zero-order valence-corrected chi connectivity index (χ0v) is 31.3. The molecule has 1 aromatic carbocycles. The summed E-state index contributed by atoms with van der Waals surface area (Å²) in [5.41, 5.74) is -5.29. The Kier molecular flexibility index (Phi) is 10.1. The van der Waals surface area contributed by atoms with E-state index in [1.165, 1.54) is 13.8 Å². The predicted octanol–water partition coefficient (Wildman–Crippen LogP) is 4.47. The lowest BCUT2D eigenvalue weighted by molar-refractivity contribution is -0.363. The molecule has 11 nitrogen and oxygen atoms in total. The summed E-state index contributed by atoms with van der Waals surface area (Å²) in [6.45, 7) is 15.7. The minimum Gasteiger partial charge on any atom is -0.455 e. The summed E-state index contributed by atoms with van der Waals surface area (Å²) in [7, 11) is -2.44. The number of aliphatic hydroxyl groups excluding tert-OH is 2. The third-order valence-electron chi connectivity index (χ3n) is 12.7. The van der Waals surface area contributed by atoms with Crippen LogP contribution in [-0.4, -0.2) is 96.0 Å². The number of benzene rings is 1. The van der Waals surface area contributed by atoms with Gasteiger partial charge in [0.2, 0.25) is 0 Å². The SMILES string of the molecule is CC[Si](CC)(CC)O[C@H]1C[C@H]2OC[C@@]2(OC(C)=O)C2[C@H](OC(=O)c3ccccc3)[C@]3(O)C[C@H](O)C(C)=C([C@@H](OC(C)=O)[C@H](O)[C@@]21C)C3(C)C. The van der Waals surface area contributed by atoms with Crippen LogP contribution in [0.3, 0.4) is 0 Å². The van der Waals surface area contributed by atoms with Crippen molar-refractivity contribution >= 4 is 26.2 Å². The van der Waals surface area contributed by atoms with Crippen molar-refractivity contribution in [2.75, 3.05) is 6.61 Å². The van der Waals surface area contributed by atoms with Crippen molar-refractivity contribution in [1.82, 2.24) is 0 Å². The quantitative estimate of drug-likeness (QED) is 0.144. The Hall–Kier alpha value is -2.61. The molecular formula is C37H54O11Si. The zero-order valence-electron chi connectivity index (χ0n) is 30.3. The first-order valence-corrected chi connectivity index (χ1v) is 20.1. The number of carbonyl (C=O) groups excluding carboxylic acids is 3. The van der Waals surface area contributed by atoms with Crippen molar-refractivity contribution in [2.24, 2.45) is 16.7 Å². The molecule has 3 fully saturated rings. The summed E-state index contributed by atoms with van der Waals surface area (Å²) < 4.78 is 32.2. The van der Waals surface area contributed by atoms with Gasteiger partial charge in [0, 0.05) is 37.5 Å². The molecule has 1 saturated heterocycles. The summed E-state index contributed by atoms with van der Waals surface area (Å²) in [6, 6.07) is 10.7. The van der Waals surface area contributed by atoms with E-state index in [-0.39, 0.29) is 25.0 Å². The van der Waals surface area contributed by atoms with Gasteiger partial charge in [0.1, 0.15) is 23.9 Å². The standard InChI is InChI=1S/C37H54O11Si/c1-10-49(11-2,12-3)48-26-18-27-36(20-44-27,47-23(6)39)30-32(46-33(42)24-16-14-13-15-17-24)37(43)19-25(40)21(4)28(34(37,7)8)29(45-22(5)38)31(41)35(26,30)9/h13-17,25-27,29-32,40-41,43H,10-12,18-20H2,1-9H3/t25-,26-,27+,29+,30?,31-,32-,35+,36-,37+/m0/s1. The maximum atomic E-state index is 14.1. The van der Waals surface area contributed by atoms with E-state index in [2.05, 4.69) is 20.8 Å². The highest BCUT2D eigenvalue weighted by atomic mass is 28.4. The van der Waals surface area contributed by atoms with Crippen molar-refractivity contribution in [1.29, 1.82) is 0 Å². The van der Waals surface area contributed by atoms with Crippen LogP contribution in [0.4, 0.5) is 0 Å². The van der Waals surface area contributed by atoms with Crippen LogP contribution in [0.1, 0.15) is 85.5 Å². The van der Waals surface area contributed by atoms with E-state index in [0.29, 0.717) is 11.1 Å². The zero-order chi connectivity index (χ0) is 36.3. The van der Waals surface area contributed by atoms with Gasteiger partial charge in [-0.1, -0.05) is 59.7 Å². The van der Waals surface area contributed by atoms with Gasteiger partial charge in [-0.05, 0) is 48.3 Å². The van der Waals surface area contributed by atoms with Crippen LogP contribution in [0.25, 0.3) is 0 Å². The van der Waals surface area contributed by atoms with Gasteiger partial charge < -0.3 is 38.7 Å². The Labute approximate surface area is 290 Å². The lowest BCUT2D eigenvalue weighted by Gasteiger charge is -2.70. The van der Waals surface area contributed by atoms with E-state index in [4.69, 9.17) is 23.4 Å². The average Bonchev–Trinajstić information content (AvgIpc) is 3.04. The maximum Gasteiger partial charge on any atom is 0.338 e. The number of rotatable bonds is 9. The Bertz CT molecular complexity index is 1470. The first-order chi connectivity index (χ1) is 22.9. The molecule has 0 spiro atoms. The molecule has 1 aliphatic heterocycles. The number of ether oxygens (including phenoxy) is 4. The van der Waals surface area contributed by atoms with E-state index in [1.54, 1.807) is 58.0 Å². The summed E-state index contributed by atoms with van der Waals surface area (Å²) in [5.74, 6) is -3.15. The normalized spacial score (nSPS) is 38.2. The second kappa shape index (κ2) is 13.2. The van der Waals surface area contributed by atoms with Gasteiger partial charge in [0.15, 0.2) is 20.0 Å². The van der Waals surface area contributed by atoms with Crippen molar-refractivity contribution in [3.05, 3.63) is 47.0 Å². The number of fused-ring (bicyclic) bond motifs is 5. The van der Waals surface area contributed by atoms with Crippen LogP contribution < -0.4 is 0 Å². The highest BCUT2D eigenvalue weighted by Crippen LogP contribution is 2.66.